The number of hydrogen-bond donors (Lipinski definition) is 2. The Morgan fingerprint density at radius 1 is 1.38 bits per heavy atom. The van der Waals surface area contributed by atoms with Gasteiger partial charge in [0, 0.05) is 6.04 Å². The van der Waals surface area contributed by atoms with Crippen molar-refractivity contribution in [3.05, 3.63) is 30.1 Å². The van der Waals surface area contributed by atoms with Gasteiger partial charge >= 0.3 is 0 Å². The molecule has 84 valence electrons. The van der Waals surface area contributed by atoms with Crippen LogP contribution >= 0.6 is 0 Å². The third-order valence-corrected chi connectivity index (χ3v) is 3.14. The maximum atomic E-state index is 4.22. The quantitative estimate of drug-likeness (QED) is 0.751. The number of aromatic nitrogens is 2. The lowest BCUT2D eigenvalue weighted by Gasteiger charge is -2.03. The van der Waals surface area contributed by atoms with Crippen molar-refractivity contribution in [1.82, 2.24) is 15.3 Å². The van der Waals surface area contributed by atoms with E-state index in [9.17, 15) is 0 Å². The molecular formula is C13H17N3. The molecule has 0 atom stereocenters. The molecular weight excluding hydrogens is 198 g/mol. The van der Waals surface area contributed by atoms with Crippen LogP contribution in [0.4, 0.5) is 0 Å². The number of aryl methyl sites for hydroxylation is 1. The standard InChI is InChI=1S/C13H17N3/c1(7-14-11-4-5-11)2-10-3-6-12-13(8-10)16-9-15-12/h3,6,8-9,11,14H,1-2,4-5,7H2,(H,15,16). The van der Waals surface area contributed by atoms with Gasteiger partial charge in [0.2, 0.25) is 0 Å². The number of nitrogens with one attached hydrogen (secondary N) is 2. The monoisotopic (exact) mass is 215 g/mol. The van der Waals surface area contributed by atoms with Gasteiger partial charge in [-0.05, 0) is 49.9 Å². The van der Waals surface area contributed by atoms with Gasteiger partial charge in [-0.15, -0.1) is 0 Å². The second-order valence-corrected chi connectivity index (χ2v) is 4.59. The highest BCUT2D eigenvalue weighted by Crippen LogP contribution is 2.18. The molecule has 2 aromatic rings. The molecule has 1 heterocycles. The molecule has 0 spiro atoms. The van der Waals surface area contributed by atoms with E-state index in [1.165, 1.54) is 24.8 Å². The second-order valence-electron chi connectivity index (χ2n) is 4.59. The van der Waals surface area contributed by atoms with Crippen molar-refractivity contribution < 1.29 is 0 Å². The fourth-order valence-electron chi connectivity index (χ4n) is 2.02. The van der Waals surface area contributed by atoms with Crippen molar-refractivity contribution in [1.29, 1.82) is 0 Å². The van der Waals surface area contributed by atoms with Crippen LogP contribution in [-0.4, -0.2) is 22.6 Å². The van der Waals surface area contributed by atoms with Crippen molar-refractivity contribution in [3.63, 3.8) is 0 Å². The van der Waals surface area contributed by atoms with E-state index < -0.39 is 0 Å². The van der Waals surface area contributed by atoms with E-state index >= 15 is 0 Å². The average molecular weight is 215 g/mol. The van der Waals surface area contributed by atoms with Crippen LogP contribution in [-0.2, 0) is 6.42 Å². The molecule has 0 bridgehead atoms. The molecule has 2 N–H and O–H groups in total. The molecule has 1 saturated carbocycles. The Hall–Kier alpha value is -1.35. The molecule has 0 unspecified atom stereocenters. The van der Waals surface area contributed by atoms with Crippen molar-refractivity contribution in [2.45, 2.75) is 31.7 Å². The van der Waals surface area contributed by atoms with Crippen molar-refractivity contribution >= 4 is 11.0 Å². The van der Waals surface area contributed by atoms with Crippen LogP contribution in [0, 0.1) is 0 Å². The molecule has 3 rings (SSSR count). The summed E-state index contributed by atoms with van der Waals surface area (Å²) in [6.07, 6.45) is 6.87. The maximum Gasteiger partial charge on any atom is 0.0931 e. The zero-order valence-corrected chi connectivity index (χ0v) is 9.37. The van der Waals surface area contributed by atoms with Crippen LogP contribution in [0.15, 0.2) is 24.5 Å². The number of fused-ring (bicyclic) bond motifs is 1. The molecule has 0 radical (unpaired) electrons. The molecule has 1 aliphatic rings. The molecule has 0 amide bonds. The Kier molecular flexibility index (Phi) is 2.62. The fraction of sp³-hybridized carbons (Fsp3) is 0.462. The lowest BCUT2D eigenvalue weighted by atomic mass is 10.1. The Balaban J connectivity index is 1.55. The van der Waals surface area contributed by atoms with Gasteiger partial charge in [0.15, 0.2) is 0 Å². The molecule has 1 aliphatic carbocycles. The van der Waals surface area contributed by atoms with Crippen LogP contribution in [0.25, 0.3) is 11.0 Å². The van der Waals surface area contributed by atoms with Crippen molar-refractivity contribution in [2.75, 3.05) is 6.54 Å². The lowest BCUT2D eigenvalue weighted by molar-refractivity contribution is 0.646. The summed E-state index contributed by atoms with van der Waals surface area (Å²) in [4.78, 5) is 7.37. The first-order valence-electron chi connectivity index (χ1n) is 6.07. The Morgan fingerprint density at radius 3 is 3.19 bits per heavy atom. The Morgan fingerprint density at radius 2 is 2.31 bits per heavy atom. The summed E-state index contributed by atoms with van der Waals surface area (Å²) in [5, 5.41) is 3.54. The van der Waals surface area contributed by atoms with Crippen molar-refractivity contribution in [3.8, 4) is 0 Å². The Bertz CT molecular complexity index is 471. The third kappa shape index (κ3) is 2.25. The minimum Gasteiger partial charge on any atom is -0.345 e. The second kappa shape index (κ2) is 4.26. The van der Waals surface area contributed by atoms with Gasteiger partial charge in [-0.25, -0.2) is 4.98 Å². The predicted molar refractivity (Wildman–Crippen MR) is 65.4 cm³/mol. The molecule has 1 aromatic carbocycles. The van der Waals surface area contributed by atoms with Crippen LogP contribution < -0.4 is 5.32 Å². The van der Waals surface area contributed by atoms with E-state index in [1.807, 2.05) is 0 Å². The largest absolute Gasteiger partial charge is 0.345 e. The maximum absolute atomic E-state index is 4.22. The third-order valence-electron chi connectivity index (χ3n) is 3.14. The topological polar surface area (TPSA) is 40.7 Å². The number of benzene rings is 1. The highest BCUT2D eigenvalue weighted by molar-refractivity contribution is 5.74. The minimum atomic E-state index is 0.829. The molecule has 16 heavy (non-hydrogen) atoms. The van der Waals surface area contributed by atoms with Crippen molar-refractivity contribution in [2.24, 2.45) is 0 Å². The first kappa shape index (κ1) is 9.85. The van der Waals surface area contributed by atoms with Gasteiger partial charge in [0.05, 0.1) is 17.4 Å². The number of hydrogen-bond acceptors (Lipinski definition) is 2. The molecule has 0 saturated heterocycles. The summed E-state index contributed by atoms with van der Waals surface area (Å²) in [6, 6.07) is 7.31. The zero-order valence-electron chi connectivity index (χ0n) is 9.37. The van der Waals surface area contributed by atoms with Crippen LogP contribution in [0.5, 0.6) is 0 Å². The predicted octanol–water partition coefficient (Wildman–Crippen LogP) is 2.25. The fourth-order valence-corrected chi connectivity index (χ4v) is 2.02. The van der Waals surface area contributed by atoms with E-state index in [4.69, 9.17) is 0 Å². The summed E-state index contributed by atoms with van der Waals surface area (Å²) in [5.41, 5.74) is 3.60. The number of nitrogens with zero attached hydrogens (tertiary/aromatic N) is 1. The summed E-state index contributed by atoms with van der Waals surface area (Å²) in [6.45, 7) is 1.14. The molecule has 1 fully saturated rings. The zero-order chi connectivity index (χ0) is 10.8. The smallest absolute Gasteiger partial charge is 0.0931 e. The minimum absolute atomic E-state index is 0.829. The van der Waals surface area contributed by atoms with E-state index in [-0.39, 0.29) is 0 Å². The molecule has 0 aliphatic heterocycles. The van der Waals surface area contributed by atoms with Gasteiger partial charge in [0.25, 0.3) is 0 Å². The first-order valence-corrected chi connectivity index (χ1v) is 6.07. The first-order chi connectivity index (χ1) is 7.92. The summed E-state index contributed by atoms with van der Waals surface area (Å²) in [5.74, 6) is 0. The number of H-pyrrole nitrogens is 1. The van der Waals surface area contributed by atoms with E-state index in [2.05, 4.69) is 33.5 Å². The SMILES string of the molecule is c1nc2ccc(CCCNC3CC3)cc2[nH]1. The summed E-state index contributed by atoms with van der Waals surface area (Å²) in [7, 11) is 0. The number of imidazole rings is 1. The summed E-state index contributed by atoms with van der Waals surface area (Å²) >= 11 is 0. The molecule has 3 nitrogen and oxygen atoms in total. The molecule has 3 heteroatoms. The van der Waals surface area contributed by atoms with Gasteiger partial charge in [-0.2, -0.15) is 0 Å². The highest BCUT2D eigenvalue weighted by Gasteiger charge is 2.19. The lowest BCUT2D eigenvalue weighted by Crippen LogP contribution is -2.17. The van der Waals surface area contributed by atoms with E-state index in [0.29, 0.717) is 0 Å². The van der Waals surface area contributed by atoms with Gasteiger partial charge in [-0.3, -0.25) is 0 Å². The Labute approximate surface area is 95.3 Å². The van der Waals surface area contributed by atoms with Crippen LogP contribution in [0.3, 0.4) is 0 Å². The van der Waals surface area contributed by atoms with E-state index in [0.717, 1.165) is 30.0 Å². The van der Waals surface area contributed by atoms with Gasteiger partial charge in [-0.1, -0.05) is 6.07 Å². The molecule has 1 aromatic heterocycles. The average Bonchev–Trinajstić information content (AvgIpc) is 3.01. The summed E-state index contributed by atoms with van der Waals surface area (Å²) < 4.78 is 0. The van der Waals surface area contributed by atoms with E-state index in [1.54, 1.807) is 6.33 Å². The van der Waals surface area contributed by atoms with Crippen LogP contribution in [0.2, 0.25) is 0 Å². The van der Waals surface area contributed by atoms with Gasteiger partial charge < -0.3 is 10.3 Å². The number of rotatable bonds is 5. The normalized spacial score (nSPS) is 15.8. The number of aromatic amines is 1. The van der Waals surface area contributed by atoms with Crippen LogP contribution in [0.1, 0.15) is 24.8 Å². The highest BCUT2D eigenvalue weighted by atomic mass is 14.9. The van der Waals surface area contributed by atoms with Gasteiger partial charge in [0.1, 0.15) is 0 Å².